The second-order valence-electron chi connectivity index (χ2n) is 5.17. The predicted octanol–water partition coefficient (Wildman–Crippen LogP) is 5.42. The van der Waals surface area contributed by atoms with Gasteiger partial charge in [-0.25, -0.2) is 0 Å². The van der Waals surface area contributed by atoms with Crippen molar-refractivity contribution in [3.8, 4) is 17.2 Å². The van der Waals surface area contributed by atoms with Crippen molar-refractivity contribution in [2.24, 2.45) is 0 Å². The molecule has 0 spiro atoms. The Kier molecular flexibility index (Phi) is 6.19. The Morgan fingerprint density at radius 3 is 2.58 bits per heavy atom. The average Bonchev–Trinajstić information content (AvgIpc) is 3.12. The Bertz CT molecular complexity index is 913. The molecule has 8 heteroatoms. The van der Waals surface area contributed by atoms with Crippen LogP contribution in [0, 0.1) is 0 Å². The first-order valence-corrected chi connectivity index (χ1v) is 9.48. The normalized spacial score (nSPS) is 10.7. The predicted molar refractivity (Wildman–Crippen MR) is 102 cm³/mol. The van der Waals surface area contributed by atoms with E-state index < -0.39 is 0 Å². The fraction of sp³-hybridized carbons (Fsp3) is 0.167. The summed E-state index contributed by atoms with van der Waals surface area (Å²) in [5.74, 6) is 1.21. The number of ether oxygens (including phenoxy) is 1. The van der Waals surface area contributed by atoms with Crippen LogP contribution in [0.25, 0.3) is 11.5 Å². The summed E-state index contributed by atoms with van der Waals surface area (Å²) in [6, 6.07) is 12.1. The topological polar surface area (TPSA) is 65.2 Å². The van der Waals surface area contributed by atoms with E-state index in [2.05, 4.69) is 10.2 Å². The van der Waals surface area contributed by atoms with E-state index in [0.717, 1.165) is 5.75 Å². The van der Waals surface area contributed by atoms with Crippen LogP contribution in [0.2, 0.25) is 10.0 Å². The lowest BCUT2D eigenvalue weighted by atomic mass is 10.1. The number of carbonyl (C=O) groups is 1. The minimum atomic E-state index is -0.0349. The van der Waals surface area contributed by atoms with Crippen molar-refractivity contribution in [3.05, 3.63) is 58.1 Å². The van der Waals surface area contributed by atoms with Crippen LogP contribution in [0.4, 0.5) is 0 Å². The van der Waals surface area contributed by atoms with E-state index in [1.54, 1.807) is 42.5 Å². The van der Waals surface area contributed by atoms with E-state index in [9.17, 15) is 4.79 Å². The summed E-state index contributed by atoms with van der Waals surface area (Å²) in [6.45, 7) is 2.49. The number of hydrogen-bond donors (Lipinski definition) is 0. The van der Waals surface area contributed by atoms with Crippen LogP contribution < -0.4 is 4.74 Å². The van der Waals surface area contributed by atoms with Crippen LogP contribution in [0.5, 0.6) is 5.75 Å². The zero-order chi connectivity index (χ0) is 18.5. The molecule has 0 aliphatic carbocycles. The average molecular weight is 409 g/mol. The zero-order valence-corrected chi connectivity index (χ0v) is 16.1. The van der Waals surface area contributed by atoms with E-state index in [4.69, 9.17) is 32.4 Å². The highest BCUT2D eigenvalue weighted by Gasteiger charge is 2.13. The number of Topliss-reactive ketones (excluding diaryl/α,β-unsaturated/α-hetero) is 1. The van der Waals surface area contributed by atoms with Crippen molar-refractivity contribution in [2.45, 2.75) is 12.1 Å². The van der Waals surface area contributed by atoms with Crippen molar-refractivity contribution < 1.29 is 13.9 Å². The van der Waals surface area contributed by atoms with Gasteiger partial charge in [-0.15, -0.1) is 10.2 Å². The Morgan fingerprint density at radius 1 is 1.12 bits per heavy atom. The first kappa shape index (κ1) is 18.8. The second kappa shape index (κ2) is 8.58. The number of thioether (sulfide) groups is 1. The summed E-state index contributed by atoms with van der Waals surface area (Å²) in [6.07, 6.45) is 0. The summed E-state index contributed by atoms with van der Waals surface area (Å²) in [7, 11) is 0. The molecule has 0 radical (unpaired) electrons. The van der Waals surface area contributed by atoms with Gasteiger partial charge in [-0.3, -0.25) is 4.79 Å². The molecule has 26 heavy (non-hydrogen) atoms. The van der Waals surface area contributed by atoms with Crippen LogP contribution in [0.15, 0.2) is 52.1 Å². The third-order valence-electron chi connectivity index (χ3n) is 3.39. The molecule has 0 bridgehead atoms. The van der Waals surface area contributed by atoms with Crippen molar-refractivity contribution in [3.63, 3.8) is 0 Å². The first-order valence-electron chi connectivity index (χ1n) is 7.74. The van der Waals surface area contributed by atoms with Crippen molar-refractivity contribution in [1.29, 1.82) is 0 Å². The number of hydrogen-bond acceptors (Lipinski definition) is 6. The summed E-state index contributed by atoms with van der Waals surface area (Å²) >= 11 is 13.1. The molecule has 0 saturated carbocycles. The number of nitrogens with zero attached hydrogens (tertiary/aromatic N) is 2. The lowest BCUT2D eigenvalue weighted by Crippen LogP contribution is -2.02. The number of aromatic nitrogens is 2. The monoisotopic (exact) mass is 408 g/mol. The van der Waals surface area contributed by atoms with Gasteiger partial charge in [0.2, 0.25) is 5.89 Å². The van der Waals surface area contributed by atoms with Crippen LogP contribution in [-0.2, 0) is 0 Å². The van der Waals surface area contributed by atoms with Gasteiger partial charge in [-0.2, -0.15) is 0 Å². The molecule has 0 fully saturated rings. The third kappa shape index (κ3) is 4.58. The molecule has 0 amide bonds. The Balaban J connectivity index is 1.62. The van der Waals surface area contributed by atoms with Gasteiger partial charge in [0, 0.05) is 11.1 Å². The van der Waals surface area contributed by atoms with Crippen LogP contribution >= 0.6 is 35.0 Å². The minimum absolute atomic E-state index is 0.0349. The summed E-state index contributed by atoms with van der Waals surface area (Å²) < 4.78 is 10.9. The van der Waals surface area contributed by atoms with Crippen molar-refractivity contribution in [1.82, 2.24) is 10.2 Å². The van der Waals surface area contributed by atoms with E-state index >= 15 is 0 Å². The van der Waals surface area contributed by atoms with E-state index in [0.29, 0.717) is 38.9 Å². The van der Waals surface area contributed by atoms with Gasteiger partial charge in [0.15, 0.2) is 5.78 Å². The summed E-state index contributed by atoms with van der Waals surface area (Å²) in [5.41, 5.74) is 1.27. The highest BCUT2D eigenvalue weighted by molar-refractivity contribution is 7.99. The van der Waals surface area contributed by atoms with Crippen LogP contribution in [-0.4, -0.2) is 28.3 Å². The van der Waals surface area contributed by atoms with Gasteiger partial charge >= 0.3 is 0 Å². The maximum atomic E-state index is 12.3. The molecule has 1 aromatic heterocycles. The minimum Gasteiger partial charge on any atom is -0.494 e. The maximum absolute atomic E-state index is 12.3. The number of halogens is 2. The number of rotatable bonds is 7. The smallest absolute Gasteiger partial charge is 0.277 e. The molecular weight excluding hydrogens is 395 g/mol. The molecule has 3 rings (SSSR count). The lowest BCUT2D eigenvalue weighted by molar-refractivity contribution is 0.102. The Labute approximate surface area is 164 Å². The molecule has 0 N–H and O–H groups in total. The van der Waals surface area contributed by atoms with Gasteiger partial charge in [-0.05, 0) is 49.4 Å². The van der Waals surface area contributed by atoms with Crippen molar-refractivity contribution >= 4 is 40.7 Å². The largest absolute Gasteiger partial charge is 0.494 e. The maximum Gasteiger partial charge on any atom is 0.277 e. The molecule has 3 aromatic rings. The van der Waals surface area contributed by atoms with E-state index in [1.165, 1.54) is 11.8 Å². The zero-order valence-electron chi connectivity index (χ0n) is 13.7. The van der Waals surface area contributed by atoms with Gasteiger partial charge in [0.25, 0.3) is 5.22 Å². The molecule has 5 nitrogen and oxygen atoms in total. The second-order valence-corrected chi connectivity index (χ2v) is 6.91. The molecule has 2 aromatic carbocycles. The van der Waals surface area contributed by atoms with Crippen LogP contribution in [0.1, 0.15) is 17.3 Å². The Hall–Kier alpha value is -2.02. The van der Waals surface area contributed by atoms with E-state index in [1.807, 2.05) is 6.92 Å². The first-order chi connectivity index (χ1) is 12.6. The standard InChI is InChI=1S/C18H14Cl2N2O3S/c1-2-24-13-6-3-11(4-7-13)16(23)10-26-18-22-21-17(25-18)12-5-8-14(19)15(20)9-12/h3-9H,2,10H2,1H3. The van der Waals surface area contributed by atoms with Crippen LogP contribution in [0.3, 0.4) is 0 Å². The highest BCUT2D eigenvalue weighted by atomic mass is 35.5. The number of ketones is 1. The van der Waals surface area contributed by atoms with Crippen molar-refractivity contribution in [2.75, 3.05) is 12.4 Å². The molecule has 134 valence electrons. The lowest BCUT2D eigenvalue weighted by Gasteiger charge is -2.03. The molecule has 0 unspecified atom stereocenters. The van der Waals surface area contributed by atoms with Gasteiger partial charge in [-0.1, -0.05) is 35.0 Å². The number of carbonyl (C=O) groups excluding carboxylic acids is 1. The quantitative estimate of drug-likeness (QED) is 0.384. The molecule has 0 atom stereocenters. The van der Waals surface area contributed by atoms with E-state index in [-0.39, 0.29) is 11.5 Å². The molecule has 0 aliphatic rings. The number of benzene rings is 2. The molecule has 1 heterocycles. The Morgan fingerprint density at radius 2 is 1.88 bits per heavy atom. The third-order valence-corrected chi connectivity index (χ3v) is 4.94. The molecule has 0 saturated heterocycles. The van der Waals surface area contributed by atoms with Gasteiger partial charge < -0.3 is 9.15 Å². The van der Waals surface area contributed by atoms with Gasteiger partial charge in [0.1, 0.15) is 5.75 Å². The highest BCUT2D eigenvalue weighted by Crippen LogP contribution is 2.29. The van der Waals surface area contributed by atoms with Gasteiger partial charge in [0.05, 0.1) is 22.4 Å². The fourth-order valence-corrected chi connectivity index (χ4v) is 3.08. The molecule has 0 aliphatic heterocycles. The molecular formula is C18H14Cl2N2O3S. The fourth-order valence-electron chi connectivity index (χ4n) is 2.13. The summed E-state index contributed by atoms with van der Waals surface area (Å²) in [5, 5.41) is 9.08. The summed E-state index contributed by atoms with van der Waals surface area (Å²) in [4.78, 5) is 12.3. The SMILES string of the molecule is CCOc1ccc(C(=O)CSc2nnc(-c3ccc(Cl)c(Cl)c3)o2)cc1.